The predicted molar refractivity (Wildman–Crippen MR) is 226 cm³/mol. The maximum Gasteiger partial charge on any atom is 0.530 e. The van der Waals surface area contributed by atoms with Gasteiger partial charge in [-0.3, -0.25) is 9.51 Å². The highest BCUT2D eigenvalue weighted by atomic mass is 31.2. The number of para-hydroxylation sites is 4. The second-order valence-corrected chi connectivity index (χ2v) is 18.6. The fourth-order valence-corrected chi connectivity index (χ4v) is 8.03. The number of hydrogen-bond acceptors (Lipinski definition) is 7. The lowest BCUT2D eigenvalue weighted by Crippen LogP contribution is -2.15. The molecule has 0 saturated heterocycles. The molecule has 4 aromatic carbocycles. The first kappa shape index (κ1) is 42.0. The van der Waals surface area contributed by atoms with E-state index in [-0.39, 0.29) is 22.9 Å². The van der Waals surface area contributed by atoms with Gasteiger partial charge in [0.15, 0.2) is 5.75 Å². The molecule has 0 bridgehead atoms. The van der Waals surface area contributed by atoms with Crippen molar-refractivity contribution in [3.8, 4) is 28.7 Å². The normalized spacial score (nSPS) is 12.6. The summed E-state index contributed by atoms with van der Waals surface area (Å²) < 4.78 is 39.9. The first-order valence-electron chi connectivity index (χ1n) is 19.1. The van der Waals surface area contributed by atoms with E-state index in [0.717, 1.165) is 47.3 Å². The van der Waals surface area contributed by atoms with Gasteiger partial charge in [0.1, 0.15) is 35.3 Å². The van der Waals surface area contributed by atoms with Gasteiger partial charge in [-0.05, 0) is 71.0 Å². The fourth-order valence-electron chi connectivity index (χ4n) is 5.92. The molecule has 0 radical (unpaired) electrons. The van der Waals surface area contributed by atoms with Gasteiger partial charge in [-0.25, -0.2) is 0 Å². The zero-order valence-electron chi connectivity index (χ0n) is 34.1. The predicted octanol–water partition coefficient (Wildman–Crippen LogP) is 14.0. The van der Waals surface area contributed by atoms with Crippen molar-refractivity contribution >= 4 is 17.2 Å². The highest BCUT2D eigenvalue weighted by Gasteiger charge is 2.30. The molecular formula is C46H57NO6P2. The molecule has 1 aromatic heterocycles. The van der Waals surface area contributed by atoms with E-state index in [2.05, 4.69) is 93.5 Å². The summed E-state index contributed by atoms with van der Waals surface area (Å²) in [7, 11) is -3.95. The van der Waals surface area contributed by atoms with Crippen molar-refractivity contribution in [2.24, 2.45) is 0 Å². The zero-order chi connectivity index (χ0) is 39.6. The quantitative estimate of drug-likeness (QED) is 0.0923. The van der Waals surface area contributed by atoms with Crippen LogP contribution in [-0.2, 0) is 33.8 Å². The van der Waals surface area contributed by atoms with Crippen molar-refractivity contribution in [1.29, 1.82) is 0 Å². The molecule has 1 unspecified atom stereocenters. The SMILES string of the molecule is CCCCc1ccccc1OP(OCc1ncccc1OP(Oc1ccccc1C(C)(C)C)Oc1ccccc1C(C)(C)C)Oc1ccccc1C(C)(C)C. The lowest BCUT2D eigenvalue weighted by atomic mass is 9.86. The van der Waals surface area contributed by atoms with E-state index >= 15 is 0 Å². The Hall–Kier alpha value is -4.15. The molecule has 7 nitrogen and oxygen atoms in total. The molecule has 5 aromatic rings. The number of unbranched alkanes of at least 4 members (excludes halogenated alkanes) is 1. The van der Waals surface area contributed by atoms with Crippen LogP contribution < -0.4 is 22.6 Å². The number of rotatable bonds is 16. The van der Waals surface area contributed by atoms with Crippen LogP contribution in [0.4, 0.5) is 0 Å². The Kier molecular flexibility index (Phi) is 14.2. The van der Waals surface area contributed by atoms with E-state index in [4.69, 9.17) is 32.1 Å². The third-order valence-corrected chi connectivity index (χ3v) is 10.9. The molecule has 0 fully saturated rings. The monoisotopic (exact) mass is 781 g/mol. The Morgan fingerprint density at radius 2 is 0.873 bits per heavy atom. The molecular weight excluding hydrogens is 724 g/mol. The molecule has 0 aliphatic heterocycles. The summed E-state index contributed by atoms with van der Waals surface area (Å²) in [6.07, 6.45) is 4.75. The molecule has 292 valence electrons. The van der Waals surface area contributed by atoms with Crippen LogP contribution in [0.1, 0.15) is 110 Å². The third kappa shape index (κ3) is 11.9. The summed E-state index contributed by atoms with van der Waals surface area (Å²) in [5.74, 6) is 3.32. The highest BCUT2D eigenvalue weighted by Crippen LogP contribution is 2.49. The molecule has 0 aliphatic rings. The first-order chi connectivity index (χ1) is 26.1. The van der Waals surface area contributed by atoms with Crippen LogP contribution in [0.15, 0.2) is 115 Å². The topological polar surface area (TPSA) is 68.3 Å². The van der Waals surface area contributed by atoms with Crippen molar-refractivity contribution < 1.29 is 27.1 Å². The average molecular weight is 782 g/mol. The minimum Gasteiger partial charge on any atom is -0.417 e. The van der Waals surface area contributed by atoms with Crippen LogP contribution >= 0.6 is 17.2 Å². The molecule has 1 atom stereocenters. The molecule has 0 aliphatic carbocycles. The van der Waals surface area contributed by atoms with E-state index in [0.29, 0.717) is 28.7 Å². The van der Waals surface area contributed by atoms with Crippen LogP contribution in [-0.4, -0.2) is 4.98 Å². The van der Waals surface area contributed by atoms with E-state index in [1.165, 1.54) is 0 Å². The van der Waals surface area contributed by atoms with Crippen LogP contribution in [0.5, 0.6) is 28.7 Å². The molecule has 0 N–H and O–H groups in total. The largest absolute Gasteiger partial charge is 0.530 e. The first-order valence-corrected chi connectivity index (χ1v) is 21.3. The molecule has 0 spiro atoms. The fraction of sp³-hybridized carbons (Fsp3) is 0.370. The van der Waals surface area contributed by atoms with Gasteiger partial charge in [-0.2, -0.15) is 0 Å². The number of hydrogen-bond donors (Lipinski definition) is 0. The van der Waals surface area contributed by atoms with E-state index in [1.54, 1.807) is 6.20 Å². The summed E-state index contributed by atoms with van der Waals surface area (Å²) >= 11 is 0. The van der Waals surface area contributed by atoms with Gasteiger partial charge >= 0.3 is 17.2 Å². The number of aromatic nitrogens is 1. The number of aryl methyl sites for hydroxylation is 1. The Labute approximate surface area is 331 Å². The zero-order valence-corrected chi connectivity index (χ0v) is 35.9. The number of benzene rings is 4. The average Bonchev–Trinajstić information content (AvgIpc) is 3.13. The van der Waals surface area contributed by atoms with Gasteiger partial charge in [0.2, 0.25) is 0 Å². The Morgan fingerprint density at radius 1 is 0.473 bits per heavy atom. The van der Waals surface area contributed by atoms with Crippen molar-refractivity contribution in [2.75, 3.05) is 0 Å². The van der Waals surface area contributed by atoms with Gasteiger partial charge < -0.3 is 22.6 Å². The number of pyridine rings is 1. The summed E-state index contributed by atoms with van der Waals surface area (Å²) in [5.41, 5.74) is 4.30. The van der Waals surface area contributed by atoms with Crippen LogP contribution in [0.3, 0.4) is 0 Å². The standard InChI is InChI=1S/C46H57NO6P2/c1-11-12-22-34-23-13-17-27-39(34)49-54(50-40-28-18-14-24-35(40)44(2,3)4)48-33-38-43(31-21-32-47-38)53-55(51-41-29-19-15-25-36(41)45(5,6)7)52-42-30-20-16-26-37(42)46(8,9)10/h13-21,23-32H,11-12,22,33H2,1-10H3. The van der Waals surface area contributed by atoms with Crippen molar-refractivity contribution in [2.45, 2.75) is 111 Å². The van der Waals surface area contributed by atoms with Crippen LogP contribution in [0.25, 0.3) is 0 Å². The van der Waals surface area contributed by atoms with Gasteiger partial charge in [0, 0.05) is 22.9 Å². The lowest BCUT2D eigenvalue weighted by Gasteiger charge is -2.27. The summed E-state index contributed by atoms with van der Waals surface area (Å²) in [6, 6.07) is 35.9. The molecule has 55 heavy (non-hydrogen) atoms. The molecule has 0 amide bonds. The Balaban J connectivity index is 1.47. The van der Waals surface area contributed by atoms with Crippen molar-refractivity contribution in [3.63, 3.8) is 0 Å². The summed E-state index contributed by atoms with van der Waals surface area (Å²) in [4.78, 5) is 4.71. The molecule has 9 heteroatoms. The van der Waals surface area contributed by atoms with Crippen molar-refractivity contribution in [3.05, 3.63) is 143 Å². The Morgan fingerprint density at radius 3 is 1.36 bits per heavy atom. The highest BCUT2D eigenvalue weighted by molar-refractivity contribution is 7.43. The molecule has 5 rings (SSSR count). The van der Waals surface area contributed by atoms with E-state index in [1.807, 2.05) is 84.9 Å². The van der Waals surface area contributed by atoms with E-state index < -0.39 is 17.2 Å². The summed E-state index contributed by atoms with van der Waals surface area (Å²) in [5, 5.41) is 0. The minimum absolute atomic E-state index is 0.0526. The van der Waals surface area contributed by atoms with Crippen molar-refractivity contribution in [1.82, 2.24) is 4.98 Å². The van der Waals surface area contributed by atoms with Gasteiger partial charge in [-0.15, -0.1) is 0 Å². The van der Waals surface area contributed by atoms with Gasteiger partial charge in [0.05, 0.1) is 0 Å². The smallest absolute Gasteiger partial charge is 0.417 e. The van der Waals surface area contributed by atoms with Crippen LogP contribution in [0, 0.1) is 0 Å². The van der Waals surface area contributed by atoms with Gasteiger partial charge in [0.25, 0.3) is 0 Å². The van der Waals surface area contributed by atoms with Gasteiger partial charge in [-0.1, -0.05) is 148 Å². The lowest BCUT2D eigenvalue weighted by molar-refractivity contribution is 0.248. The second-order valence-electron chi connectivity index (χ2n) is 16.6. The van der Waals surface area contributed by atoms with Crippen LogP contribution in [0.2, 0.25) is 0 Å². The Bertz CT molecular complexity index is 1920. The maximum absolute atomic E-state index is 6.69. The maximum atomic E-state index is 6.69. The minimum atomic E-state index is -2.02. The molecule has 0 saturated carbocycles. The molecule has 1 heterocycles. The second kappa shape index (κ2) is 18.7. The number of nitrogens with zero attached hydrogens (tertiary/aromatic N) is 1. The third-order valence-electron chi connectivity index (χ3n) is 8.88. The summed E-state index contributed by atoms with van der Waals surface area (Å²) in [6.45, 7) is 21.7. The van der Waals surface area contributed by atoms with E-state index in [9.17, 15) is 0 Å².